The Labute approximate surface area is 214 Å². The number of hydrogen-bond donors (Lipinski definition) is 1. The number of aryl methyl sites for hydroxylation is 1. The van der Waals surface area contributed by atoms with E-state index in [2.05, 4.69) is 68.9 Å². The van der Waals surface area contributed by atoms with Gasteiger partial charge in [-0.3, -0.25) is 4.79 Å². The largest absolute Gasteiger partial charge is 0.488 e. The molecule has 0 atom stereocenters. The normalized spacial score (nSPS) is 12.1. The number of carbonyl (C=O) groups excluding carboxylic acids is 1. The van der Waals surface area contributed by atoms with Crippen LogP contribution in [0.15, 0.2) is 53.0 Å². The van der Waals surface area contributed by atoms with Gasteiger partial charge in [-0.1, -0.05) is 48.0 Å². The van der Waals surface area contributed by atoms with Crippen LogP contribution in [0.25, 0.3) is 6.08 Å². The number of hydrogen-bond acceptors (Lipinski definition) is 3. The van der Waals surface area contributed by atoms with Crippen molar-refractivity contribution in [3.63, 3.8) is 0 Å². The second-order valence-corrected chi connectivity index (χ2v) is 10.7. The van der Waals surface area contributed by atoms with E-state index in [1.807, 2.05) is 42.5 Å². The molecule has 0 aliphatic rings. The van der Waals surface area contributed by atoms with Crippen LogP contribution < -0.4 is 14.8 Å². The maximum Gasteiger partial charge on any atom is 0.243 e. The second-order valence-electron chi connectivity index (χ2n) is 9.83. The third-order valence-electron chi connectivity index (χ3n) is 5.99. The van der Waals surface area contributed by atoms with Gasteiger partial charge in [0.05, 0.1) is 0 Å². The molecule has 2 aromatic rings. The van der Waals surface area contributed by atoms with Crippen molar-refractivity contribution in [2.75, 3.05) is 6.54 Å². The zero-order valence-corrected chi connectivity index (χ0v) is 23.1. The van der Waals surface area contributed by atoms with E-state index < -0.39 is 0 Å². The van der Waals surface area contributed by atoms with E-state index in [9.17, 15) is 4.79 Å². The average Bonchev–Trinajstić information content (AvgIpc) is 2.79. The van der Waals surface area contributed by atoms with Crippen molar-refractivity contribution in [2.45, 2.75) is 84.8 Å². The molecule has 186 valence electrons. The molecule has 0 aromatic heterocycles. The summed E-state index contributed by atoms with van der Waals surface area (Å²) in [5, 5.41) is 2.97. The van der Waals surface area contributed by atoms with E-state index in [0.717, 1.165) is 53.6 Å². The molecule has 0 bridgehead atoms. The Balaban J connectivity index is 1.90. The molecule has 0 unspecified atom stereocenters. The highest BCUT2D eigenvalue weighted by atomic mass is 79.9. The van der Waals surface area contributed by atoms with E-state index >= 15 is 0 Å². The first-order valence-corrected chi connectivity index (χ1v) is 13.1. The maximum atomic E-state index is 12.1. The topological polar surface area (TPSA) is 47.6 Å². The predicted octanol–water partition coefficient (Wildman–Crippen LogP) is 7.74. The molecular weight excluding hydrogens is 490 g/mol. The fourth-order valence-corrected chi connectivity index (χ4v) is 3.38. The molecule has 0 fully saturated rings. The molecule has 2 rings (SSSR count). The summed E-state index contributed by atoms with van der Waals surface area (Å²) in [6, 6.07) is 14.0. The smallest absolute Gasteiger partial charge is 0.243 e. The molecule has 0 aliphatic heterocycles. The molecule has 0 radical (unpaired) electrons. The highest BCUT2D eigenvalue weighted by molar-refractivity contribution is 9.10. The number of nitrogens with one attached hydrogen (secondary N) is 1. The van der Waals surface area contributed by atoms with Crippen LogP contribution >= 0.6 is 15.9 Å². The Hall–Kier alpha value is -2.27. The molecule has 0 heterocycles. The van der Waals surface area contributed by atoms with E-state index in [4.69, 9.17) is 9.47 Å². The van der Waals surface area contributed by atoms with Crippen molar-refractivity contribution >= 4 is 27.9 Å². The summed E-state index contributed by atoms with van der Waals surface area (Å²) in [6.45, 7) is 13.3. The van der Waals surface area contributed by atoms with Gasteiger partial charge in [-0.2, -0.15) is 0 Å². The molecule has 0 aliphatic carbocycles. The van der Waals surface area contributed by atoms with Crippen molar-refractivity contribution in [3.8, 4) is 11.5 Å². The number of benzene rings is 2. The van der Waals surface area contributed by atoms with E-state index in [1.165, 1.54) is 5.56 Å². The van der Waals surface area contributed by atoms with Crippen molar-refractivity contribution in [1.82, 2.24) is 5.32 Å². The highest BCUT2D eigenvalue weighted by Crippen LogP contribution is 2.32. The van der Waals surface area contributed by atoms with Crippen LogP contribution in [0.5, 0.6) is 11.5 Å². The first-order chi connectivity index (χ1) is 16.0. The fourth-order valence-electron chi connectivity index (χ4n) is 3.12. The van der Waals surface area contributed by atoms with Gasteiger partial charge < -0.3 is 14.8 Å². The van der Waals surface area contributed by atoms with Gasteiger partial charge >= 0.3 is 0 Å². The van der Waals surface area contributed by atoms with Crippen LogP contribution in [-0.2, 0) is 11.2 Å². The molecule has 0 saturated heterocycles. The number of amides is 1. The number of carbonyl (C=O) groups is 1. The highest BCUT2D eigenvalue weighted by Gasteiger charge is 2.21. The summed E-state index contributed by atoms with van der Waals surface area (Å²) in [5.41, 5.74) is 1.70. The summed E-state index contributed by atoms with van der Waals surface area (Å²) in [7, 11) is 0. The van der Waals surface area contributed by atoms with Crippen LogP contribution in [0.4, 0.5) is 0 Å². The van der Waals surface area contributed by atoms with Crippen molar-refractivity contribution in [1.29, 1.82) is 0 Å². The minimum atomic E-state index is -0.247. The van der Waals surface area contributed by atoms with Gasteiger partial charge in [0.25, 0.3) is 0 Å². The van der Waals surface area contributed by atoms with E-state index in [-0.39, 0.29) is 17.1 Å². The third-order valence-corrected chi connectivity index (χ3v) is 6.52. The monoisotopic (exact) mass is 529 g/mol. The second kappa shape index (κ2) is 13.0. The van der Waals surface area contributed by atoms with Gasteiger partial charge in [-0.25, -0.2) is 0 Å². The lowest BCUT2D eigenvalue weighted by molar-refractivity contribution is -0.116. The van der Waals surface area contributed by atoms with Crippen molar-refractivity contribution in [2.24, 2.45) is 0 Å². The first-order valence-electron chi connectivity index (χ1n) is 12.3. The quantitative estimate of drug-likeness (QED) is 0.213. The lowest BCUT2D eigenvalue weighted by Crippen LogP contribution is -2.28. The molecule has 2 aromatic carbocycles. The maximum absolute atomic E-state index is 12.1. The summed E-state index contributed by atoms with van der Waals surface area (Å²) in [5.74, 6) is 1.65. The molecular formula is C29H40BrNO3. The third kappa shape index (κ3) is 9.92. The predicted molar refractivity (Wildman–Crippen MR) is 146 cm³/mol. The molecule has 1 N–H and O–H groups in total. The SMILES string of the molecule is CCC(C)(C)Oc1ccc(CCCCNC(=O)C=Cc2ccc(Br)cc2)c(OC(C)(C)CC)c1. The van der Waals surface area contributed by atoms with Crippen LogP contribution in [0.3, 0.4) is 0 Å². The standard InChI is InChI=1S/C29H40BrNO3/c1-7-28(3,4)33-25-18-15-23(26(21-25)34-29(5,6)8-2)11-9-10-20-31-27(32)19-14-22-12-16-24(30)17-13-22/h12-19,21H,7-11,20H2,1-6H3,(H,31,32). The number of ether oxygens (including phenoxy) is 2. The van der Waals surface area contributed by atoms with Gasteiger partial charge in [-0.15, -0.1) is 0 Å². The van der Waals surface area contributed by atoms with Gasteiger partial charge in [0.15, 0.2) is 0 Å². The minimum Gasteiger partial charge on any atom is -0.488 e. The molecule has 0 saturated carbocycles. The summed E-state index contributed by atoms with van der Waals surface area (Å²) >= 11 is 3.41. The Morgan fingerprint density at radius 3 is 2.24 bits per heavy atom. The van der Waals surface area contributed by atoms with Crippen LogP contribution in [0.1, 0.15) is 78.4 Å². The Morgan fingerprint density at radius 1 is 0.941 bits per heavy atom. The van der Waals surface area contributed by atoms with Gasteiger partial charge in [0.2, 0.25) is 5.91 Å². The first kappa shape index (κ1) is 28.0. The summed E-state index contributed by atoms with van der Waals surface area (Å²) in [4.78, 5) is 12.1. The number of halogens is 1. The van der Waals surface area contributed by atoms with Gasteiger partial charge in [0, 0.05) is 23.2 Å². The molecule has 1 amide bonds. The Kier molecular flexibility index (Phi) is 10.7. The minimum absolute atomic E-state index is 0.0725. The zero-order valence-electron chi connectivity index (χ0n) is 21.5. The van der Waals surface area contributed by atoms with Crippen molar-refractivity contribution in [3.05, 3.63) is 64.1 Å². The summed E-state index contributed by atoms with van der Waals surface area (Å²) < 4.78 is 13.6. The molecule has 0 spiro atoms. The van der Waals surface area contributed by atoms with Gasteiger partial charge in [0.1, 0.15) is 22.7 Å². The van der Waals surface area contributed by atoms with Crippen LogP contribution in [-0.4, -0.2) is 23.7 Å². The fraction of sp³-hybridized carbons (Fsp3) is 0.483. The Morgan fingerprint density at radius 2 is 1.59 bits per heavy atom. The lowest BCUT2D eigenvalue weighted by atomic mass is 10.0. The van der Waals surface area contributed by atoms with Crippen LogP contribution in [0.2, 0.25) is 0 Å². The lowest BCUT2D eigenvalue weighted by Gasteiger charge is -2.29. The number of rotatable bonds is 13. The molecule has 5 heteroatoms. The Bertz CT molecular complexity index is 948. The number of unbranched alkanes of at least 4 members (excludes halogenated alkanes) is 1. The van der Waals surface area contributed by atoms with Gasteiger partial charge in [-0.05, 0) is 95.2 Å². The van der Waals surface area contributed by atoms with E-state index in [1.54, 1.807) is 6.08 Å². The van der Waals surface area contributed by atoms with Crippen molar-refractivity contribution < 1.29 is 14.3 Å². The summed E-state index contributed by atoms with van der Waals surface area (Å²) in [6.07, 6.45) is 7.99. The average molecular weight is 531 g/mol. The van der Waals surface area contributed by atoms with E-state index in [0.29, 0.717) is 6.54 Å². The molecule has 4 nitrogen and oxygen atoms in total. The molecule has 34 heavy (non-hydrogen) atoms. The zero-order chi connectivity index (χ0) is 25.2. The van der Waals surface area contributed by atoms with Crippen LogP contribution in [0, 0.1) is 0 Å².